The van der Waals surface area contributed by atoms with Gasteiger partial charge in [-0.25, -0.2) is 9.59 Å². The molecule has 144 valence electrons. The quantitative estimate of drug-likeness (QED) is 0.347. The van der Waals surface area contributed by atoms with Gasteiger partial charge in [0, 0.05) is 17.2 Å². The van der Waals surface area contributed by atoms with Gasteiger partial charge in [0.05, 0.1) is 12.2 Å². The van der Waals surface area contributed by atoms with E-state index in [0.717, 1.165) is 4.57 Å². The summed E-state index contributed by atoms with van der Waals surface area (Å²) >= 11 is 0. The Balaban J connectivity index is 1.60. The number of ether oxygens (including phenoxy) is 3. The van der Waals surface area contributed by atoms with Crippen LogP contribution in [-0.2, 0) is 14.2 Å². The molecular formula is C17H15N5O6. The van der Waals surface area contributed by atoms with Gasteiger partial charge < -0.3 is 14.2 Å². The predicted octanol–water partition coefficient (Wildman–Crippen LogP) is 0.739. The fourth-order valence-electron chi connectivity index (χ4n) is 3.44. The maximum absolute atomic E-state index is 12.3. The van der Waals surface area contributed by atoms with E-state index in [1.807, 2.05) is 0 Å². The van der Waals surface area contributed by atoms with Crippen LogP contribution in [0.4, 0.5) is 0 Å². The summed E-state index contributed by atoms with van der Waals surface area (Å²) in [6, 6.07) is 8.75. The largest absolute Gasteiger partial charge is 0.459 e. The molecule has 2 bridgehead atoms. The molecule has 0 saturated carbocycles. The minimum Gasteiger partial charge on any atom is -0.459 e. The van der Waals surface area contributed by atoms with E-state index < -0.39 is 41.2 Å². The van der Waals surface area contributed by atoms with Crippen molar-refractivity contribution in [3.63, 3.8) is 0 Å². The van der Waals surface area contributed by atoms with E-state index in [9.17, 15) is 14.4 Å². The third-order valence-corrected chi connectivity index (χ3v) is 4.77. The number of carbonyl (C=O) groups is 1. The Morgan fingerprint density at radius 3 is 2.86 bits per heavy atom. The zero-order valence-corrected chi connectivity index (χ0v) is 14.4. The molecule has 0 amide bonds. The molecule has 2 aromatic rings. The number of benzene rings is 1. The monoisotopic (exact) mass is 385 g/mol. The predicted molar refractivity (Wildman–Crippen MR) is 93.6 cm³/mol. The van der Waals surface area contributed by atoms with Gasteiger partial charge in [-0.05, 0) is 17.7 Å². The van der Waals surface area contributed by atoms with Crippen LogP contribution in [0.5, 0.6) is 0 Å². The molecule has 1 N–H and O–H groups in total. The van der Waals surface area contributed by atoms with Gasteiger partial charge in [-0.3, -0.25) is 14.3 Å². The Hall–Kier alpha value is -3.40. The number of azide groups is 1. The van der Waals surface area contributed by atoms with E-state index in [2.05, 4.69) is 15.0 Å². The van der Waals surface area contributed by atoms with Crippen molar-refractivity contribution >= 4 is 5.97 Å². The maximum atomic E-state index is 12.3. The summed E-state index contributed by atoms with van der Waals surface area (Å²) < 4.78 is 18.2. The fraction of sp³-hybridized carbons (Fsp3) is 0.353. The van der Waals surface area contributed by atoms with E-state index >= 15 is 0 Å². The Labute approximate surface area is 157 Å². The zero-order chi connectivity index (χ0) is 19.7. The minimum atomic E-state index is -1.23. The topological polar surface area (TPSA) is 148 Å². The number of nitrogens with one attached hydrogen (secondary N) is 1. The molecule has 2 aliphatic heterocycles. The lowest BCUT2D eigenvalue weighted by Crippen LogP contribution is -2.45. The fourth-order valence-corrected chi connectivity index (χ4v) is 3.44. The number of rotatable bonds is 5. The van der Waals surface area contributed by atoms with Gasteiger partial charge in [0.1, 0.15) is 24.4 Å². The van der Waals surface area contributed by atoms with Crippen molar-refractivity contribution in [1.29, 1.82) is 0 Å². The van der Waals surface area contributed by atoms with Crippen LogP contribution in [0.2, 0.25) is 0 Å². The van der Waals surface area contributed by atoms with Crippen molar-refractivity contribution in [1.82, 2.24) is 9.55 Å². The lowest BCUT2D eigenvalue weighted by molar-refractivity contribution is -0.185. The molecule has 2 aliphatic rings. The molecule has 28 heavy (non-hydrogen) atoms. The van der Waals surface area contributed by atoms with Gasteiger partial charge in [-0.2, -0.15) is 0 Å². The van der Waals surface area contributed by atoms with Gasteiger partial charge in [0.15, 0.2) is 6.23 Å². The number of nitrogens with zero attached hydrogens (tertiary/aromatic N) is 4. The Kier molecular flexibility index (Phi) is 4.47. The summed E-state index contributed by atoms with van der Waals surface area (Å²) in [6.07, 6.45) is -0.439. The first-order chi connectivity index (χ1) is 13.5. The molecule has 2 fully saturated rings. The first kappa shape index (κ1) is 18.0. The number of aromatic nitrogens is 2. The van der Waals surface area contributed by atoms with E-state index in [-0.39, 0.29) is 13.2 Å². The maximum Gasteiger partial charge on any atom is 0.338 e. The molecule has 0 radical (unpaired) electrons. The van der Waals surface area contributed by atoms with Crippen LogP contribution in [-0.4, -0.2) is 46.5 Å². The van der Waals surface area contributed by atoms with Crippen molar-refractivity contribution < 1.29 is 19.0 Å². The number of H-pyrrole nitrogens is 1. The summed E-state index contributed by atoms with van der Waals surface area (Å²) in [5, 5.41) is 3.75. The molecule has 4 rings (SSSR count). The van der Waals surface area contributed by atoms with Gasteiger partial charge in [-0.15, -0.1) is 0 Å². The van der Waals surface area contributed by atoms with Crippen LogP contribution in [0.15, 0.2) is 57.3 Å². The highest BCUT2D eigenvalue weighted by Gasteiger charge is 2.62. The zero-order valence-electron chi connectivity index (χ0n) is 14.4. The van der Waals surface area contributed by atoms with Crippen LogP contribution < -0.4 is 11.2 Å². The van der Waals surface area contributed by atoms with E-state index in [1.54, 1.807) is 30.3 Å². The SMILES string of the molecule is [N-]=[N+]=N[C@H]1[C@H]2OC[C@]1(COC(=O)c1ccccc1)O[C@H]2n1ccc(=O)[nH]c1=O. The van der Waals surface area contributed by atoms with Crippen molar-refractivity contribution in [3.05, 3.63) is 79.4 Å². The van der Waals surface area contributed by atoms with Crippen LogP contribution in [0.1, 0.15) is 16.6 Å². The standard InChI is InChI=1S/C17H15N5O6/c18-21-20-13-12-14(22-7-6-11(23)19-16(22)25)28-17(13,8-26-12)9-27-15(24)10-4-2-1-3-5-10/h1-7,12-14H,8-9H2,(H,19,23,25)/t12-,13+,14-,17-/m1/s1. The second-order valence-electron chi connectivity index (χ2n) is 6.46. The number of hydrogen-bond donors (Lipinski definition) is 1. The van der Waals surface area contributed by atoms with Gasteiger partial charge >= 0.3 is 11.7 Å². The third kappa shape index (κ3) is 2.97. The Morgan fingerprint density at radius 1 is 1.36 bits per heavy atom. The normalized spacial score (nSPS) is 27.9. The van der Waals surface area contributed by atoms with Crippen LogP contribution in [0, 0.1) is 0 Å². The first-order valence-electron chi connectivity index (χ1n) is 8.41. The van der Waals surface area contributed by atoms with Gasteiger partial charge in [-0.1, -0.05) is 23.3 Å². The number of fused-ring (bicyclic) bond motifs is 2. The lowest BCUT2D eigenvalue weighted by atomic mass is 9.98. The minimum absolute atomic E-state index is 0.0258. The summed E-state index contributed by atoms with van der Waals surface area (Å²) in [6.45, 7) is -0.201. The molecule has 11 heteroatoms. The average Bonchev–Trinajstić information content (AvgIpc) is 3.19. The van der Waals surface area contributed by atoms with Crippen molar-refractivity contribution in [2.75, 3.05) is 13.2 Å². The first-order valence-corrected chi connectivity index (χ1v) is 8.41. The molecular weight excluding hydrogens is 370 g/mol. The third-order valence-electron chi connectivity index (χ3n) is 4.77. The van der Waals surface area contributed by atoms with Crippen molar-refractivity contribution in [2.24, 2.45) is 5.11 Å². The second kappa shape index (κ2) is 6.97. The number of hydrogen-bond acceptors (Lipinski definition) is 7. The van der Waals surface area contributed by atoms with Crippen LogP contribution >= 0.6 is 0 Å². The van der Waals surface area contributed by atoms with Crippen molar-refractivity contribution in [3.8, 4) is 0 Å². The molecule has 3 heterocycles. The molecule has 1 aromatic heterocycles. The highest BCUT2D eigenvalue weighted by atomic mass is 16.6. The second-order valence-corrected chi connectivity index (χ2v) is 6.46. The average molecular weight is 385 g/mol. The molecule has 11 nitrogen and oxygen atoms in total. The van der Waals surface area contributed by atoms with Crippen molar-refractivity contribution in [2.45, 2.75) is 24.0 Å². The highest BCUT2D eigenvalue weighted by molar-refractivity contribution is 5.89. The summed E-state index contributed by atoms with van der Waals surface area (Å²) in [5.74, 6) is -0.564. The van der Waals surface area contributed by atoms with Crippen LogP contribution in [0.3, 0.4) is 0 Å². The van der Waals surface area contributed by atoms with E-state index in [4.69, 9.17) is 19.7 Å². The molecule has 4 atom stereocenters. The highest BCUT2D eigenvalue weighted by Crippen LogP contribution is 2.46. The van der Waals surface area contributed by atoms with E-state index in [1.165, 1.54) is 12.3 Å². The lowest BCUT2D eigenvalue weighted by Gasteiger charge is -2.31. The summed E-state index contributed by atoms with van der Waals surface area (Å²) in [5.41, 5.74) is 6.82. The summed E-state index contributed by atoms with van der Waals surface area (Å²) in [4.78, 5) is 40.6. The molecule has 0 spiro atoms. The Morgan fingerprint density at radius 2 is 2.14 bits per heavy atom. The number of carbonyl (C=O) groups excluding carboxylic acids is 1. The molecule has 0 unspecified atom stereocenters. The van der Waals surface area contributed by atoms with E-state index in [0.29, 0.717) is 5.56 Å². The smallest absolute Gasteiger partial charge is 0.338 e. The van der Waals surface area contributed by atoms with Gasteiger partial charge in [0.2, 0.25) is 0 Å². The molecule has 2 saturated heterocycles. The Bertz CT molecular complexity index is 1060. The summed E-state index contributed by atoms with van der Waals surface area (Å²) in [7, 11) is 0. The molecule has 0 aliphatic carbocycles. The number of aromatic amines is 1. The van der Waals surface area contributed by atoms with Gasteiger partial charge in [0.25, 0.3) is 5.56 Å². The van der Waals surface area contributed by atoms with Crippen LogP contribution in [0.25, 0.3) is 10.4 Å². The molecule has 1 aromatic carbocycles. The number of esters is 1.